The van der Waals surface area contributed by atoms with Crippen LogP contribution in [0.2, 0.25) is 0 Å². The fourth-order valence-corrected chi connectivity index (χ4v) is 1.33. The van der Waals surface area contributed by atoms with Gasteiger partial charge in [-0.25, -0.2) is 4.79 Å². The van der Waals surface area contributed by atoms with E-state index in [-0.39, 0.29) is 6.61 Å². The van der Waals surface area contributed by atoms with Crippen LogP contribution >= 0.6 is 0 Å². The number of esters is 1. The van der Waals surface area contributed by atoms with Crippen LogP contribution in [-0.4, -0.2) is 18.2 Å². The lowest BCUT2D eigenvalue weighted by molar-refractivity contribution is 0.0595. The van der Waals surface area contributed by atoms with Crippen LogP contribution in [0.3, 0.4) is 0 Å². The van der Waals surface area contributed by atoms with E-state index in [1.165, 1.54) is 13.4 Å². The molecule has 0 aliphatic rings. The lowest BCUT2D eigenvalue weighted by Crippen LogP contribution is -2.05. The maximum Gasteiger partial charge on any atom is 0.341 e. The molecule has 0 amide bonds. The Morgan fingerprint density at radius 2 is 2.18 bits per heavy atom. The summed E-state index contributed by atoms with van der Waals surface area (Å²) in [6.07, 6.45) is 1.46. The molecule has 0 spiro atoms. The van der Waals surface area contributed by atoms with E-state index in [1.54, 1.807) is 30.3 Å². The van der Waals surface area contributed by atoms with Crippen LogP contribution in [0.4, 0.5) is 0 Å². The Morgan fingerprint density at radius 3 is 2.88 bits per heavy atom. The zero-order valence-corrected chi connectivity index (χ0v) is 9.25. The van der Waals surface area contributed by atoms with Crippen LogP contribution in [-0.2, 0) is 11.3 Å². The number of benzene rings is 1. The molecule has 0 radical (unpaired) electrons. The zero-order chi connectivity index (χ0) is 12.1. The molecule has 0 saturated carbocycles. The van der Waals surface area contributed by atoms with Gasteiger partial charge in [-0.05, 0) is 12.1 Å². The molecule has 5 heteroatoms. The topological polar surface area (TPSA) is 61.6 Å². The lowest BCUT2D eigenvalue weighted by Gasteiger charge is -2.08. The van der Waals surface area contributed by atoms with Gasteiger partial charge in [0.15, 0.2) is 0 Å². The molecule has 0 unspecified atom stereocenters. The van der Waals surface area contributed by atoms with Gasteiger partial charge in [-0.15, -0.1) is 0 Å². The van der Waals surface area contributed by atoms with E-state index in [1.807, 2.05) is 0 Å². The first-order valence-corrected chi connectivity index (χ1v) is 5.00. The molecule has 0 saturated heterocycles. The summed E-state index contributed by atoms with van der Waals surface area (Å²) in [4.78, 5) is 11.5. The average molecular weight is 233 g/mol. The minimum absolute atomic E-state index is 0.241. The largest absolute Gasteiger partial charge is 0.486 e. The standard InChI is InChI=1S/C12H11NO4/c1-15-12(14)10-4-2-3-5-11(10)16-8-9-6-7-17-13-9/h2-7H,8H2,1H3. The molecule has 0 aliphatic carbocycles. The zero-order valence-electron chi connectivity index (χ0n) is 9.25. The third-order valence-electron chi connectivity index (χ3n) is 2.16. The summed E-state index contributed by atoms with van der Waals surface area (Å²) in [7, 11) is 1.33. The van der Waals surface area contributed by atoms with Gasteiger partial charge < -0.3 is 14.0 Å². The molecule has 0 N–H and O–H groups in total. The molecule has 1 aromatic carbocycles. The highest BCUT2D eigenvalue weighted by Crippen LogP contribution is 2.19. The first kappa shape index (κ1) is 11.2. The van der Waals surface area contributed by atoms with E-state index < -0.39 is 5.97 Å². The van der Waals surface area contributed by atoms with Crippen molar-refractivity contribution in [2.75, 3.05) is 7.11 Å². The summed E-state index contributed by atoms with van der Waals surface area (Å²) in [5, 5.41) is 3.71. The van der Waals surface area contributed by atoms with E-state index in [4.69, 9.17) is 4.74 Å². The fourth-order valence-electron chi connectivity index (χ4n) is 1.33. The van der Waals surface area contributed by atoms with E-state index in [0.29, 0.717) is 17.0 Å². The van der Waals surface area contributed by atoms with E-state index in [9.17, 15) is 4.79 Å². The summed E-state index contributed by atoms with van der Waals surface area (Å²) in [5.74, 6) is 0.0307. The number of rotatable bonds is 4. The fraction of sp³-hybridized carbons (Fsp3) is 0.167. The Morgan fingerprint density at radius 1 is 1.35 bits per heavy atom. The van der Waals surface area contributed by atoms with Gasteiger partial charge in [-0.1, -0.05) is 17.3 Å². The van der Waals surface area contributed by atoms with Crippen molar-refractivity contribution in [1.29, 1.82) is 0 Å². The molecule has 0 atom stereocenters. The van der Waals surface area contributed by atoms with Crippen molar-refractivity contribution in [2.45, 2.75) is 6.61 Å². The van der Waals surface area contributed by atoms with Crippen LogP contribution in [0.1, 0.15) is 16.1 Å². The summed E-state index contributed by atoms with van der Waals surface area (Å²) in [6, 6.07) is 8.57. The maximum absolute atomic E-state index is 11.5. The molecule has 2 rings (SSSR count). The number of para-hydroxylation sites is 1. The van der Waals surface area contributed by atoms with Crippen LogP contribution in [0.5, 0.6) is 5.75 Å². The maximum atomic E-state index is 11.5. The number of carbonyl (C=O) groups excluding carboxylic acids is 1. The van der Waals surface area contributed by atoms with Gasteiger partial charge in [-0.3, -0.25) is 0 Å². The molecule has 1 aromatic heterocycles. The molecule has 0 fully saturated rings. The number of hydrogen-bond acceptors (Lipinski definition) is 5. The number of ether oxygens (including phenoxy) is 2. The summed E-state index contributed by atoms with van der Waals surface area (Å²) in [5.41, 5.74) is 1.04. The summed E-state index contributed by atoms with van der Waals surface area (Å²) < 4.78 is 14.8. The number of aromatic nitrogens is 1. The van der Waals surface area contributed by atoms with Crippen LogP contribution in [0, 0.1) is 0 Å². The van der Waals surface area contributed by atoms with Gasteiger partial charge in [0.1, 0.15) is 29.9 Å². The van der Waals surface area contributed by atoms with Gasteiger partial charge in [0.2, 0.25) is 0 Å². The quantitative estimate of drug-likeness (QED) is 0.756. The normalized spacial score (nSPS) is 9.94. The van der Waals surface area contributed by atoms with E-state index in [2.05, 4.69) is 14.4 Å². The molecule has 0 aliphatic heterocycles. The average Bonchev–Trinajstić information content (AvgIpc) is 2.89. The van der Waals surface area contributed by atoms with Gasteiger partial charge in [-0.2, -0.15) is 0 Å². The van der Waals surface area contributed by atoms with Gasteiger partial charge >= 0.3 is 5.97 Å². The predicted octanol–water partition coefficient (Wildman–Crippen LogP) is 2.04. The Hall–Kier alpha value is -2.30. The second-order valence-corrected chi connectivity index (χ2v) is 3.27. The molecule has 17 heavy (non-hydrogen) atoms. The van der Waals surface area contributed by atoms with Crippen molar-refractivity contribution in [2.24, 2.45) is 0 Å². The molecular formula is C12H11NO4. The third kappa shape index (κ3) is 2.63. The Kier molecular flexibility index (Phi) is 3.40. The minimum Gasteiger partial charge on any atom is -0.486 e. The van der Waals surface area contributed by atoms with Crippen LogP contribution < -0.4 is 4.74 Å². The van der Waals surface area contributed by atoms with Crippen molar-refractivity contribution < 1.29 is 18.8 Å². The van der Waals surface area contributed by atoms with Gasteiger partial charge in [0.25, 0.3) is 0 Å². The monoisotopic (exact) mass is 233 g/mol. The van der Waals surface area contributed by atoms with Crippen molar-refractivity contribution >= 4 is 5.97 Å². The van der Waals surface area contributed by atoms with Gasteiger partial charge in [0.05, 0.1) is 7.11 Å². The first-order chi connectivity index (χ1) is 8.31. The summed E-state index contributed by atoms with van der Waals surface area (Å²) in [6.45, 7) is 0.241. The Bertz CT molecular complexity index is 493. The van der Waals surface area contributed by atoms with Crippen LogP contribution in [0.15, 0.2) is 41.1 Å². The second kappa shape index (κ2) is 5.16. The molecule has 0 bridgehead atoms. The molecule has 1 heterocycles. The molecule has 2 aromatic rings. The summed E-state index contributed by atoms with van der Waals surface area (Å²) >= 11 is 0. The van der Waals surface area contributed by atoms with Crippen molar-refractivity contribution in [3.05, 3.63) is 47.9 Å². The van der Waals surface area contributed by atoms with E-state index in [0.717, 1.165) is 0 Å². The molecule has 88 valence electrons. The first-order valence-electron chi connectivity index (χ1n) is 5.00. The Labute approximate surface area is 97.9 Å². The van der Waals surface area contributed by atoms with Crippen molar-refractivity contribution in [1.82, 2.24) is 5.16 Å². The van der Waals surface area contributed by atoms with Crippen molar-refractivity contribution in [3.8, 4) is 5.75 Å². The number of nitrogens with zero attached hydrogens (tertiary/aromatic N) is 1. The lowest BCUT2D eigenvalue weighted by atomic mass is 10.2. The molecule has 5 nitrogen and oxygen atoms in total. The van der Waals surface area contributed by atoms with Crippen LogP contribution in [0.25, 0.3) is 0 Å². The highest BCUT2D eigenvalue weighted by molar-refractivity contribution is 5.92. The smallest absolute Gasteiger partial charge is 0.341 e. The second-order valence-electron chi connectivity index (χ2n) is 3.27. The highest BCUT2D eigenvalue weighted by Gasteiger charge is 2.12. The number of hydrogen-bond donors (Lipinski definition) is 0. The molecular weight excluding hydrogens is 222 g/mol. The third-order valence-corrected chi connectivity index (χ3v) is 2.16. The van der Waals surface area contributed by atoms with Gasteiger partial charge in [0, 0.05) is 6.07 Å². The number of carbonyl (C=O) groups is 1. The van der Waals surface area contributed by atoms with E-state index >= 15 is 0 Å². The minimum atomic E-state index is -0.430. The predicted molar refractivity (Wildman–Crippen MR) is 58.6 cm³/mol. The van der Waals surface area contributed by atoms with Crippen molar-refractivity contribution in [3.63, 3.8) is 0 Å². The Balaban J connectivity index is 2.12. The highest BCUT2D eigenvalue weighted by atomic mass is 16.5. The SMILES string of the molecule is COC(=O)c1ccccc1OCc1ccon1. The number of methoxy groups -OCH3 is 1.